The van der Waals surface area contributed by atoms with Crippen LogP contribution in [0.25, 0.3) is 0 Å². The first kappa shape index (κ1) is 15.2. The van der Waals surface area contributed by atoms with Crippen LogP contribution >= 0.6 is 11.6 Å². The molecule has 0 aliphatic rings. The zero-order valence-corrected chi connectivity index (χ0v) is 11.4. The van der Waals surface area contributed by atoms with Crippen molar-refractivity contribution in [1.82, 2.24) is 5.32 Å². The molecule has 0 aromatic heterocycles. The summed E-state index contributed by atoms with van der Waals surface area (Å²) < 4.78 is 4.82. The zero-order valence-electron chi connectivity index (χ0n) is 10.6. The van der Waals surface area contributed by atoms with Crippen molar-refractivity contribution in [3.63, 3.8) is 0 Å². The van der Waals surface area contributed by atoms with E-state index < -0.39 is 17.9 Å². The maximum Gasteiger partial charge on any atom is 0.339 e. The predicted molar refractivity (Wildman–Crippen MR) is 70.4 cm³/mol. The van der Waals surface area contributed by atoms with Gasteiger partial charge in [-0.15, -0.1) is 0 Å². The van der Waals surface area contributed by atoms with Crippen LogP contribution in [0.15, 0.2) is 18.2 Å². The van der Waals surface area contributed by atoms with Gasteiger partial charge in [-0.1, -0.05) is 11.6 Å². The van der Waals surface area contributed by atoms with Crippen molar-refractivity contribution in [1.29, 1.82) is 0 Å². The fourth-order valence-corrected chi connectivity index (χ4v) is 1.61. The van der Waals surface area contributed by atoms with Crippen LogP contribution in [0.1, 0.15) is 34.6 Å². The monoisotopic (exact) mass is 283 g/mol. The van der Waals surface area contributed by atoms with E-state index in [0.29, 0.717) is 6.29 Å². The molecule has 0 saturated heterocycles. The maximum atomic E-state index is 11.7. The lowest BCUT2D eigenvalue weighted by Crippen LogP contribution is -2.33. The van der Waals surface area contributed by atoms with Crippen molar-refractivity contribution >= 4 is 29.8 Å². The van der Waals surface area contributed by atoms with Crippen LogP contribution in [0.4, 0.5) is 0 Å². The summed E-state index contributed by atoms with van der Waals surface area (Å²) in [5, 5.41) is 2.59. The van der Waals surface area contributed by atoms with Crippen molar-refractivity contribution in [2.45, 2.75) is 19.9 Å². The van der Waals surface area contributed by atoms with Crippen molar-refractivity contribution in [3.8, 4) is 0 Å². The minimum Gasteiger partial charge on any atom is -0.462 e. The van der Waals surface area contributed by atoms with Crippen molar-refractivity contribution in [3.05, 3.63) is 34.3 Å². The van der Waals surface area contributed by atoms with Crippen LogP contribution in [0, 0.1) is 0 Å². The maximum absolute atomic E-state index is 11.7. The van der Waals surface area contributed by atoms with E-state index in [1.807, 2.05) is 0 Å². The third-order valence-electron chi connectivity index (χ3n) is 2.29. The van der Waals surface area contributed by atoms with E-state index in [9.17, 15) is 14.4 Å². The fraction of sp³-hybridized carbons (Fsp3) is 0.308. The van der Waals surface area contributed by atoms with Gasteiger partial charge >= 0.3 is 5.97 Å². The third kappa shape index (κ3) is 4.06. The Morgan fingerprint density at radius 2 is 2.16 bits per heavy atom. The Hall–Kier alpha value is -1.88. The molecule has 6 heteroatoms. The molecular weight excluding hydrogens is 270 g/mol. The number of esters is 1. The first-order valence-electron chi connectivity index (χ1n) is 5.72. The summed E-state index contributed by atoms with van der Waals surface area (Å²) >= 11 is 5.92. The number of aldehydes is 1. The van der Waals surface area contributed by atoms with E-state index in [1.165, 1.54) is 18.2 Å². The Bertz CT molecular complexity index is 501. The Morgan fingerprint density at radius 3 is 2.68 bits per heavy atom. The van der Waals surface area contributed by atoms with Crippen LogP contribution < -0.4 is 5.32 Å². The largest absolute Gasteiger partial charge is 0.462 e. The molecule has 19 heavy (non-hydrogen) atoms. The number of hydrogen-bond acceptors (Lipinski definition) is 4. The highest BCUT2D eigenvalue weighted by Gasteiger charge is 2.15. The molecule has 102 valence electrons. The number of ether oxygens (including phenoxy) is 1. The first-order chi connectivity index (χ1) is 8.99. The van der Waals surface area contributed by atoms with Crippen molar-refractivity contribution in [2.75, 3.05) is 6.61 Å². The number of benzene rings is 1. The molecule has 0 bridgehead atoms. The number of halogens is 1. The topological polar surface area (TPSA) is 72.5 Å². The van der Waals surface area contributed by atoms with Gasteiger partial charge in [0, 0.05) is 5.56 Å². The molecule has 1 aromatic rings. The highest BCUT2D eigenvalue weighted by molar-refractivity contribution is 6.34. The van der Waals surface area contributed by atoms with Gasteiger partial charge in [0.2, 0.25) is 0 Å². The normalized spacial score (nSPS) is 11.5. The first-order valence-corrected chi connectivity index (χ1v) is 6.10. The van der Waals surface area contributed by atoms with Gasteiger partial charge in [-0.3, -0.25) is 4.79 Å². The van der Waals surface area contributed by atoms with E-state index in [-0.39, 0.29) is 22.8 Å². The smallest absolute Gasteiger partial charge is 0.339 e. The molecule has 1 N–H and O–H groups in total. The summed E-state index contributed by atoms with van der Waals surface area (Å²) in [7, 11) is 0. The van der Waals surface area contributed by atoms with Crippen LogP contribution in [0.5, 0.6) is 0 Å². The Labute approximate surface area is 115 Å². The number of carbonyl (C=O) groups is 3. The van der Waals surface area contributed by atoms with Gasteiger partial charge in [0.25, 0.3) is 5.91 Å². The average Bonchev–Trinajstić information content (AvgIpc) is 2.38. The molecule has 0 radical (unpaired) electrons. The van der Waals surface area contributed by atoms with Crippen molar-refractivity contribution < 1.29 is 19.1 Å². The minimum absolute atomic E-state index is 0.129. The van der Waals surface area contributed by atoms with Gasteiger partial charge in [0.05, 0.1) is 23.2 Å². The number of rotatable bonds is 5. The predicted octanol–water partition coefficient (Wildman–Crippen LogP) is 1.83. The SMILES string of the molecule is CCOC(=O)c1ccc(C(=O)NC(C)C=O)cc1Cl. The standard InChI is InChI=1S/C13H14ClNO4/c1-3-19-13(18)10-5-4-9(6-11(10)14)12(17)15-8(2)7-16/h4-8H,3H2,1-2H3,(H,15,17). The second-order valence-electron chi connectivity index (χ2n) is 3.81. The number of nitrogens with one attached hydrogen (secondary N) is 1. The number of carbonyl (C=O) groups excluding carboxylic acids is 3. The lowest BCUT2D eigenvalue weighted by atomic mass is 10.1. The molecule has 5 nitrogen and oxygen atoms in total. The van der Waals surface area contributed by atoms with Gasteiger partial charge in [0.1, 0.15) is 6.29 Å². The summed E-state index contributed by atoms with van der Waals surface area (Å²) in [5.41, 5.74) is 0.468. The van der Waals surface area contributed by atoms with E-state index >= 15 is 0 Å². The molecule has 1 amide bonds. The summed E-state index contributed by atoms with van der Waals surface area (Å²) in [6.45, 7) is 3.49. The zero-order chi connectivity index (χ0) is 14.4. The van der Waals surface area contributed by atoms with E-state index in [2.05, 4.69) is 5.32 Å². The molecule has 0 saturated carbocycles. The Morgan fingerprint density at radius 1 is 1.47 bits per heavy atom. The Kier molecular flexibility index (Phi) is 5.51. The third-order valence-corrected chi connectivity index (χ3v) is 2.60. The number of amides is 1. The molecule has 1 rings (SSSR count). The van der Waals surface area contributed by atoms with Crippen molar-refractivity contribution in [2.24, 2.45) is 0 Å². The highest BCUT2D eigenvalue weighted by Crippen LogP contribution is 2.19. The lowest BCUT2D eigenvalue weighted by Gasteiger charge is -2.09. The summed E-state index contributed by atoms with van der Waals surface area (Å²) in [4.78, 5) is 33.7. The van der Waals surface area contributed by atoms with Gasteiger partial charge in [-0.05, 0) is 32.0 Å². The molecule has 0 heterocycles. The van der Waals surface area contributed by atoms with Crippen LogP contribution in [-0.2, 0) is 9.53 Å². The molecular formula is C13H14ClNO4. The molecule has 0 aliphatic heterocycles. The second kappa shape index (κ2) is 6.89. The molecule has 0 aliphatic carbocycles. The fourth-order valence-electron chi connectivity index (χ4n) is 1.35. The van der Waals surface area contributed by atoms with Crippen LogP contribution in [0.2, 0.25) is 5.02 Å². The van der Waals surface area contributed by atoms with Gasteiger partial charge in [-0.25, -0.2) is 4.79 Å². The van der Waals surface area contributed by atoms with E-state index in [4.69, 9.17) is 16.3 Å². The minimum atomic E-state index is -0.587. The Balaban J connectivity index is 2.90. The van der Waals surface area contributed by atoms with E-state index in [1.54, 1.807) is 13.8 Å². The lowest BCUT2D eigenvalue weighted by molar-refractivity contribution is -0.109. The molecule has 1 aromatic carbocycles. The quantitative estimate of drug-likeness (QED) is 0.661. The molecule has 0 spiro atoms. The number of hydrogen-bond donors (Lipinski definition) is 1. The average molecular weight is 284 g/mol. The summed E-state index contributed by atoms with van der Waals surface area (Å²) in [6.07, 6.45) is 0.618. The van der Waals surface area contributed by atoms with Gasteiger partial charge < -0.3 is 14.8 Å². The van der Waals surface area contributed by atoms with Crippen LogP contribution in [0.3, 0.4) is 0 Å². The van der Waals surface area contributed by atoms with Crippen LogP contribution in [-0.4, -0.2) is 30.8 Å². The summed E-state index contributed by atoms with van der Waals surface area (Å²) in [6, 6.07) is 3.64. The van der Waals surface area contributed by atoms with Gasteiger partial charge in [-0.2, -0.15) is 0 Å². The molecule has 1 atom stereocenters. The summed E-state index contributed by atoms with van der Waals surface area (Å²) in [5.74, 6) is -0.974. The second-order valence-corrected chi connectivity index (χ2v) is 4.22. The highest BCUT2D eigenvalue weighted by atomic mass is 35.5. The van der Waals surface area contributed by atoms with Gasteiger partial charge in [0.15, 0.2) is 0 Å². The molecule has 1 unspecified atom stereocenters. The molecule has 0 fully saturated rings. The van der Waals surface area contributed by atoms with E-state index in [0.717, 1.165) is 0 Å².